The van der Waals surface area contributed by atoms with Crippen molar-refractivity contribution >= 4 is 5.91 Å². The number of hydrogen-bond acceptors (Lipinski definition) is 2. The Morgan fingerprint density at radius 1 is 1.47 bits per heavy atom. The van der Waals surface area contributed by atoms with Crippen molar-refractivity contribution in [3.05, 3.63) is 0 Å². The van der Waals surface area contributed by atoms with Crippen molar-refractivity contribution in [3.63, 3.8) is 0 Å². The Morgan fingerprint density at radius 3 is 2.53 bits per heavy atom. The summed E-state index contributed by atoms with van der Waals surface area (Å²) in [4.78, 5) is 13.9. The number of likely N-dealkylation sites (tertiary alicyclic amines) is 1. The first-order chi connectivity index (χ1) is 7.19. The number of carbonyl (C=O) groups is 1. The molecule has 0 aromatic carbocycles. The molecule has 2 N–H and O–H groups in total. The first-order valence-corrected chi connectivity index (χ1v) is 6.17. The van der Waals surface area contributed by atoms with Crippen LogP contribution in [0.25, 0.3) is 0 Å². The average molecular weight is 212 g/mol. The quantitative estimate of drug-likeness (QED) is 0.769. The largest absolute Gasteiger partial charge is 0.342 e. The topological polar surface area (TPSA) is 46.3 Å². The van der Waals surface area contributed by atoms with Crippen molar-refractivity contribution in [2.75, 3.05) is 19.6 Å². The maximum absolute atomic E-state index is 11.9. The van der Waals surface area contributed by atoms with Gasteiger partial charge in [0.1, 0.15) is 0 Å². The van der Waals surface area contributed by atoms with Gasteiger partial charge >= 0.3 is 0 Å². The highest BCUT2D eigenvalue weighted by Gasteiger charge is 2.24. The van der Waals surface area contributed by atoms with Crippen molar-refractivity contribution in [2.24, 2.45) is 17.6 Å². The minimum Gasteiger partial charge on any atom is -0.342 e. The van der Waals surface area contributed by atoms with Crippen LogP contribution in [0.4, 0.5) is 0 Å². The Hall–Kier alpha value is -0.570. The van der Waals surface area contributed by atoms with Gasteiger partial charge in [-0.1, -0.05) is 13.8 Å². The second kappa shape index (κ2) is 6.11. The van der Waals surface area contributed by atoms with Crippen molar-refractivity contribution in [1.82, 2.24) is 4.90 Å². The summed E-state index contributed by atoms with van der Waals surface area (Å²) in [6.45, 7) is 6.75. The lowest BCUT2D eigenvalue weighted by atomic mass is 9.93. The Morgan fingerprint density at radius 2 is 2.07 bits per heavy atom. The van der Waals surface area contributed by atoms with Crippen LogP contribution in [0.15, 0.2) is 0 Å². The highest BCUT2D eigenvalue weighted by molar-refractivity contribution is 5.78. The van der Waals surface area contributed by atoms with E-state index < -0.39 is 0 Å². The zero-order valence-corrected chi connectivity index (χ0v) is 10.0. The molecular weight excluding hydrogens is 188 g/mol. The number of piperidine rings is 1. The Kier molecular flexibility index (Phi) is 5.09. The van der Waals surface area contributed by atoms with Crippen LogP contribution in [0.2, 0.25) is 0 Å². The third kappa shape index (κ3) is 3.49. The number of nitrogens with two attached hydrogens (primary N) is 1. The fraction of sp³-hybridized carbons (Fsp3) is 0.917. The van der Waals surface area contributed by atoms with E-state index in [-0.39, 0.29) is 5.92 Å². The maximum atomic E-state index is 11.9. The molecule has 0 aromatic rings. The van der Waals surface area contributed by atoms with Gasteiger partial charge in [0.2, 0.25) is 5.91 Å². The monoisotopic (exact) mass is 212 g/mol. The third-order valence-corrected chi connectivity index (χ3v) is 3.54. The first-order valence-electron chi connectivity index (χ1n) is 6.17. The molecule has 0 saturated carbocycles. The van der Waals surface area contributed by atoms with Gasteiger partial charge in [-0.05, 0) is 38.1 Å². The lowest BCUT2D eigenvalue weighted by Gasteiger charge is -2.33. The predicted octanol–water partition coefficient (Wildman–Crippen LogP) is 1.62. The molecule has 0 spiro atoms. The minimum atomic E-state index is 0.191. The van der Waals surface area contributed by atoms with Crippen LogP contribution in [0.3, 0.4) is 0 Å². The Labute approximate surface area is 93.0 Å². The standard InChI is InChI=1S/C12H24N2O/c1-3-10(2)12(15)14-8-5-11(4-7-13)6-9-14/h10-11H,3-9,13H2,1-2H3/t10-/m0/s1. The molecule has 0 aromatic heterocycles. The van der Waals surface area contributed by atoms with E-state index in [1.165, 1.54) is 0 Å². The summed E-state index contributed by atoms with van der Waals surface area (Å²) in [6, 6.07) is 0. The molecule has 1 saturated heterocycles. The molecule has 0 unspecified atom stereocenters. The molecule has 3 nitrogen and oxygen atoms in total. The summed E-state index contributed by atoms with van der Waals surface area (Å²) >= 11 is 0. The van der Waals surface area contributed by atoms with Crippen molar-refractivity contribution < 1.29 is 4.79 Å². The summed E-state index contributed by atoms with van der Waals surface area (Å²) in [7, 11) is 0. The number of nitrogens with zero attached hydrogens (tertiary/aromatic N) is 1. The van der Waals surface area contributed by atoms with Gasteiger partial charge < -0.3 is 10.6 Å². The first kappa shape index (κ1) is 12.5. The van der Waals surface area contributed by atoms with Gasteiger partial charge in [0.05, 0.1) is 0 Å². The Balaban J connectivity index is 2.33. The summed E-state index contributed by atoms with van der Waals surface area (Å²) in [5.74, 6) is 1.27. The third-order valence-electron chi connectivity index (χ3n) is 3.54. The summed E-state index contributed by atoms with van der Waals surface area (Å²) in [5.41, 5.74) is 5.54. The SMILES string of the molecule is CC[C@H](C)C(=O)N1CCC(CCN)CC1. The molecule has 0 bridgehead atoms. The van der Waals surface area contributed by atoms with Gasteiger partial charge in [-0.25, -0.2) is 0 Å². The zero-order valence-electron chi connectivity index (χ0n) is 10.0. The predicted molar refractivity (Wildman–Crippen MR) is 62.4 cm³/mol. The van der Waals surface area contributed by atoms with Crippen molar-refractivity contribution in [3.8, 4) is 0 Å². The normalized spacial score (nSPS) is 20.3. The second-order valence-corrected chi connectivity index (χ2v) is 4.66. The molecule has 1 atom stereocenters. The van der Waals surface area contributed by atoms with E-state index in [0.717, 1.165) is 51.2 Å². The van der Waals surface area contributed by atoms with E-state index in [1.807, 2.05) is 11.8 Å². The van der Waals surface area contributed by atoms with E-state index in [2.05, 4.69) is 6.92 Å². The molecule has 1 aliphatic heterocycles. The fourth-order valence-electron chi connectivity index (χ4n) is 2.16. The van der Waals surface area contributed by atoms with Crippen LogP contribution in [-0.4, -0.2) is 30.4 Å². The number of amides is 1. The molecule has 0 radical (unpaired) electrons. The molecule has 1 amide bonds. The molecule has 1 heterocycles. The van der Waals surface area contributed by atoms with Gasteiger partial charge in [0.15, 0.2) is 0 Å². The van der Waals surface area contributed by atoms with Crippen LogP contribution in [0.5, 0.6) is 0 Å². The molecular formula is C12H24N2O. The van der Waals surface area contributed by atoms with Crippen LogP contribution in [-0.2, 0) is 4.79 Å². The van der Waals surface area contributed by atoms with E-state index in [1.54, 1.807) is 0 Å². The lowest BCUT2D eigenvalue weighted by Crippen LogP contribution is -2.41. The molecule has 3 heteroatoms. The Bertz CT molecular complexity index is 198. The number of hydrogen-bond donors (Lipinski definition) is 1. The molecule has 1 aliphatic rings. The molecule has 15 heavy (non-hydrogen) atoms. The van der Waals surface area contributed by atoms with Gasteiger partial charge in [-0.2, -0.15) is 0 Å². The second-order valence-electron chi connectivity index (χ2n) is 4.66. The number of carbonyl (C=O) groups excluding carboxylic acids is 1. The van der Waals surface area contributed by atoms with Gasteiger partial charge in [-0.15, -0.1) is 0 Å². The number of rotatable bonds is 4. The van der Waals surface area contributed by atoms with Gasteiger partial charge in [0, 0.05) is 19.0 Å². The highest BCUT2D eigenvalue weighted by atomic mass is 16.2. The zero-order chi connectivity index (χ0) is 11.3. The van der Waals surface area contributed by atoms with Crippen LogP contribution in [0, 0.1) is 11.8 Å². The highest BCUT2D eigenvalue weighted by Crippen LogP contribution is 2.21. The summed E-state index contributed by atoms with van der Waals surface area (Å²) < 4.78 is 0. The van der Waals surface area contributed by atoms with Gasteiger partial charge in [-0.3, -0.25) is 4.79 Å². The van der Waals surface area contributed by atoms with E-state index >= 15 is 0 Å². The van der Waals surface area contributed by atoms with Crippen LogP contribution in [0.1, 0.15) is 39.5 Å². The molecule has 1 fully saturated rings. The minimum absolute atomic E-state index is 0.191. The molecule has 1 rings (SSSR count). The summed E-state index contributed by atoms with van der Waals surface area (Å²) in [6.07, 6.45) is 4.34. The molecule has 88 valence electrons. The maximum Gasteiger partial charge on any atom is 0.225 e. The molecule has 0 aliphatic carbocycles. The van der Waals surface area contributed by atoms with E-state index in [9.17, 15) is 4.79 Å². The summed E-state index contributed by atoms with van der Waals surface area (Å²) in [5, 5.41) is 0. The average Bonchev–Trinajstić information content (AvgIpc) is 2.28. The van der Waals surface area contributed by atoms with Crippen LogP contribution >= 0.6 is 0 Å². The van der Waals surface area contributed by atoms with Gasteiger partial charge in [0.25, 0.3) is 0 Å². The van der Waals surface area contributed by atoms with E-state index in [0.29, 0.717) is 5.91 Å². The van der Waals surface area contributed by atoms with Crippen molar-refractivity contribution in [1.29, 1.82) is 0 Å². The van der Waals surface area contributed by atoms with E-state index in [4.69, 9.17) is 5.73 Å². The van der Waals surface area contributed by atoms with Crippen molar-refractivity contribution in [2.45, 2.75) is 39.5 Å². The van der Waals surface area contributed by atoms with Crippen LogP contribution < -0.4 is 5.73 Å². The lowest BCUT2D eigenvalue weighted by molar-refractivity contribution is -0.136. The fourth-order valence-corrected chi connectivity index (χ4v) is 2.16. The smallest absolute Gasteiger partial charge is 0.225 e.